The summed E-state index contributed by atoms with van der Waals surface area (Å²) in [6.07, 6.45) is -0.982. The molecule has 0 heterocycles. The van der Waals surface area contributed by atoms with Gasteiger partial charge in [0.25, 0.3) is 0 Å². The lowest BCUT2D eigenvalue weighted by atomic mass is 10.0. The van der Waals surface area contributed by atoms with Crippen molar-refractivity contribution in [1.82, 2.24) is 10.6 Å². The molecular weight excluding hydrogens is 456 g/mol. The maximum Gasteiger partial charge on any atom is 0.408 e. The van der Waals surface area contributed by atoms with Crippen LogP contribution < -0.4 is 10.6 Å². The van der Waals surface area contributed by atoms with Crippen LogP contribution in [0.3, 0.4) is 0 Å². The summed E-state index contributed by atoms with van der Waals surface area (Å²) in [6, 6.07) is 2.00. The lowest BCUT2D eigenvalue weighted by molar-refractivity contribution is -0.143. The first-order valence-electron chi connectivity index (χ1n) is 8.52. The summed E-state index contributed by atoms with van der Waals surface area (Å²) in [4.78, 5) is 35.9. The van der Waals surface area contributed by atoms with Crippen LogP contribution >= 0.6 is 27.5 Å². The van der Waals surface area contributed by atoms with E-state index in [0.717, 1.165) is 0 Å². The van der Waals surface area contributed by atoms with E-state index in [1.807, 2.05) is 0 Å². The Labute approximate surface area is 177 Å². The summed E-state index contributed by atoms with van der Waals surface area (Å²) in [5.41, 5.74) is -0.468. The van der Waals surface area contributed by atoms with Crippen LogP contribution in [-0.4, -0.2) is 41.8 Å². The number of carbonyl (C=O) groups is 3. The van der Waals surface area contributed by atoms with Gasteiger partial charge in [-0.1, -0.05) is 11.6 Å². The second kappa shape index (κ2) is 10.5. The van der Waals surface area contributed by atoms with Gasteiger partial charge in [-0.2, -0.15) is 0 Å². The zero-order valence-electron chi connectivity index (χ0n) is 16.1. The van der Waals surface area contributed by atoms with Crippen LogP contribution in [0.4, 0.5) is 4.79 Å². The van der Waals surface area contributed by atoms with E-state index in [1.54, 1.807) is 27.7 Å². The standard InChI is InChI=1S/C18H24BrClN2O6/c1-5-27-15(24)8-13(11-6-10(20)7-12(19)16(11)25)22-14(23)9-21-17(26)28-18(2,3)4/h6-7,13,25H,5,8-9H2,1-4H3,(H,21,26)(H,22,23)/t13-/m0/s1. The van der Waals surface area contributed by atoms with Crippen LogP contribution in [0.15, 0.2) is 16.6 Å². The number of esters is 1. The molecule has 2 amide bonds. The average Bonchev–Trinajstić information content (AvgIpc) is 2.54. The molecule has 10 heteroatoms. The number of halogens is 2. The fraction of sp³-hybridized carbons (Fsp3) is 0.500. The van der Waals surface area contributed by atoms with E-state index in [0.29, 0.717) is 9.50 Å². The molecule has 1 aromatic carbocycles. The molecule has 0 aliphatic rings. The Morgan fingerprint density at radius 2 is 1.93 bits per heavy atom. The highest BCUT2D eigenvalue weighted by Crippen LogP contribution is 2.36. The maximum atomic E-state index is 12.3. The molecule has 156 valence electrons. The van der Waals surface area contributed by atoms with Gasteiger partial charge in [-0.05, 0) is 55.8 Å². The number of nitrogens with one attached hydrogen (secondary N) is 2. The number of alkyl carbamates (subject to hydrolysis) is 1. The molecule has 0 spiro atoms. The summed E-state index contributed by atoms with van der Waals surface area (Å²) in [5, 5.41) is 15.5. The SMILES string of the molecule is CCOC(=O)C[C@H](NC(=O)CNC(=O)OC(C)(C)C)c1cc(Cl)cc(Br)c1O. The molecule has 0 fully saturated rings. The summed E-state index contributed by atoms with van der Waals surface area (Å²) in [7, 11) is 0. The molecule has 0 radical (unpaired) electrons. The highest BCUT2D eigenvalue weighted by Gasteiger charge is 2.24. The third-order valence-electron chi connectivity index (χ3n) is 3.24. The van der Waals surface area contributed by atoms with Crippen LogP contribution in [-0.2, 0) is 19.1 Å². The first-order valence-corrected chi connectivity index (χ1v) is 9.69. The molecule has 28 heavy (non-hydrogen) atoms. The van der Waals surface area contributed by atoms with Gasteiger partial charge in [0.1, 0.15) is 17.9 Å². The van der Waals surface area contributed by atoms with Crippen LogP contribution in [0.5, 0.6) is 5.75 Å². The van der Waals surface area contributed by atoms with Gasteiger partial charge in [-0.3, -0.25) is 9.59 Å². The Balaban J connectivity index is 2.91. The van der Waals surface area contributed by atoms with Gasteiger partial charge in [0.15, 0.2) is 0 Å². The van der Waals surface area contributed by atoms with Crippen molar-refractivity contribution in [2.45, 2.75) is 45.8 Å². The van der Waals surface area contributed by atoms with Gasteiger partial charge in [-0.25, -0.2) is 4.79 Å². The van der Waals surface area contributed by atoms with Crippen LogP contribution in [0.2, 0.25) is 5.02 Å². The molecule has 1 rings (SSSR count). The molecular formula is C18H24BrClN2O6. The molecule has 0 aliphatic carbocycles. The number of ether oxygens (including phenoxy) is 2. The largest absolute Gasteiger partial charge is 0.506 e. The smallest absolute Gasteiger partial charge is 0.408 e. The van der Waals surface area contributed by atoms with Gasteiger partial charge in [0.05, 0.1) is 23.5 Å². The van der Waals surface area contributed by atoms with Crippen molar-refractivity contribution >= 4 is 45.5 Å². The Morgan fingerprint density at radius 1 is 1.29 bits per heavy atom. The average molecular weight is 480 g/mol. The van der Waals surface area contributed by atoms with Crippen LogP contribution in [0.25, 0.3) is 0 Å². The minimum Gasteiger partial charge on any atom is -0.506 e. The van der Waals surface area contributed by atoms with Crippen LogP contribution in [0.1, 0.15) is 45.7 Å². The fourth-order valence-corrected chi connectivity index (χ4v) is 3.02. The second-order valence-corrected chi connectivity index (χ2v) is 8.10. The Kier molecular flexibility index (Phi) is 9.03. The molecule has 8 nitrogen and oxygen atoms in total. The lowest BCUT2D eigenvalue weighted by Gasteiger charge is -2.22. The number of rotatable bonds is 7. The highest BCUT2D eigenvalue weighted by atomic mass is 79.9. The van der Waals surface area contributed by atoms with E-state index in [2.05, 4.69) is 26.6 Å². The van der Waals surface area contributed by atoms with E-state index < -0.39 is 29.6 Å². The van der Waals surface area contributed by atoms with Gasteiger partial charge in [-0.15, -0.1) is 0 Å². The highest BCUT2D eigenvalue weighted by molar-refractivity contribution is 9.10. The minimum atomic E-state index is -0.915. The van der Waals surface area contributed by atoms with Crippen molar-refractivity contribution in [3.8, 4) is 5.75 Å². The summed E-state index contributed by atoms with van der Waals surface area (Å²) in [6.45, 7) is 6.54. The number of aromatic hydroxyl groups is 1. The number of phenols is 1. The first-order chi connectivity index (χ1) is 12.9. The van der Waals surface area contributed by atoms with Gasteiger partial charge in [0, 0.05) is 10.6 Å². The van der Waals surface area contributed by atoms with Gasteiger partial charge >= 0.3 is 12.1 Å². The second-order valence-electron chi connectivity index (χ2n) is 6.81. The Morgan fingerprint density at radius 3 is 2.50 bits per heavy atom. The number of hydrogen-bond donors (Lipinski definition) is 3. The topological polar surface area (TPSA) is 114 Å². The van der Waals surface area contributed by atoms with E-state index in [9.17, 15) is 19.5 Å². The number of carbonyl (C=O) groups excluding carboxylic acids is 3. The first kappa shape index (κ1) is 24.0. The number of hydrogen-bond acceptors (Lipinski definition) is 6. The molecule has 0 saturated heterocycles. The van der Waals surface area contributed by atoms with Crippen molar-refractivity contribution in [3.05, 3.63) is 27.2 Å². The molecule has 1 aromatic rings. The van der Waals surface area contributed by atoms with Crippen LogP contribution in [0, 0.1) is 0 Å². The monoisotopic (exact) mass is 478 g/mol. The molecule has 0 unspecified atom stereocenters. The van der Waals surface area contributed by atoms with E-state index in [1.165, 1.54) is 12.1 Å². The third-order valence-corrected chi connectivity index (χ3v) is 4.06. The molecule has 0 bridgehead atoms. The van der Waals surface area contributed by atoms with E-state index in [-0.39, 0.29) is 30.9 Å². The Bertz CT molecular complexity index is 736. The zero-order valence-corrected chi connectivity index (χ0v) is 18.4. The predicted octanol–water partition coefficient (Wildman–Crippen LogP) is 3.44. The Hall–Kier alpha value is -2.00. The van der Waals surface area contributed by atoms with E-state index in [4.69, 9.17) is 21.1 Å². The summed E-state index contributed by atoms with van der Waals surface area (Å²) in [5.74, 6) is -1.32. The summed E-state index contributed by atoms with van der Waals surface area (Å²) >= 11 is 9.19. The zero-order chi connectivity index (χ0) is 21.5. The lowest BCUT2D eigenvalue weighted by Crippen LogP contribution is -2.41. The third kappa shape index (κ3) is 8.35. The van der Waals surface area contributed by atoms with Crippen molar-refractivity contribution in [3.63, 3.8) is 0 Å². The minimum absolute atomic E-state index is 0.168. The van der Waals surface area contributed by atoms with Gasteiger partial charge in [0.2, 0.25) is 5.91 Å². The predicted molar refractivity (Wildman–Crippen MR) is 107 cm³/mol. The number of phenolic OH excluding ortho intramolecular Hbond substituents is 1. The van der Waals surface area contributed by atoms with E-state index >= 15 is 0 Å². The summed E-state index contributed by atoms with van der Waals surface area (Å²) < 4.78 is 10.3. The molecule has 1 atom stereocenters. The molecule has 0 aromatic heterocycles. The maximum absolute atomic E-state index is 12.3. The molecule has 0 aliphatic heterocycles. The fourth-order valence-electron chi connectivity index (χ4n) is 2.19. The quantitative estimate of drug-likeness (QED) is 0.516. The van der Waals surface area contributed by atoms with Crippen molar-refractivity contribution in [2.24, 2.45) is 0 Å². The number of benzene rings is 1. The van der Waals surface area contributed by atoms with Crippen molar-refractivity contribution in [1.29, 1.82) is 0 Å². The van der Waals surface area contributed by atoms with Crippen molar-refractivity contribution < 1.29 is 29.0 Å². The van der Waals surface area contributed by atoms with Crippen molar-refractivity contribution in [2.75, 3.05) is 13.2 Å². The molecule has 0 saturated carbocycles. The normalized spacial score (nSPS) is 12.1. The molecule has 3 N–H and O–H groups in total. The number of amides is 2. The van der Waals surface area contributed by atoms with Gasteiger partial charge < -0.3 is 25.2 Å².